The van der Waals surface area contributed by atoms with Crippen LogP contribution in [0.5, 0.6) is 0 Å². The molecule has 0 aliphatic carbocycles. The number of morpholine rings is 1. The molecular formula is C24H43IN4O2. The quantitative estimate of drug-likeness (QED) is 0.224. The number of aryl methyl sites for hydroxylation is 1. The number of benzene rings is 1. The van der Waals surface area contributed by atoms with Gasteiger partial charge in [0.25, 0.3) is 0 Å². The molecule has 31 heavy (non-hydrogen) atoms. The average molecular weight is 547 g/mol. The lowest BCUT2D eigenvalue weighted by Gasteiger charge is -2.35. The maximum atomic E-state index is 9.51. The van der Waals surface area contributed by atoms with E-state index in [2.05, 4.69) is 67.5 Å². The van der Waals surface area contributed by atoms with Crippen molar-refractivity contribution in [1.82, 2.24) is 15.5 Å². The molecular weight excluding hydrogens is 503 g/mol. The van der Waals surface area contributed by atoms with Crippen molar-refractivity contribution in [2.45, 2.75) is 53.0 Å². The van der Waals surface area contributed by atoms with Crippen LogP contribution in [0.4, 0.5) is 0 Å². The normalized spacial score (nSPS) is 16.5. The van der Waals surface area contributed by atoms with E-state index in [1.165, 1.54) is 11.1 Å². The Morgan fingerprint density at radius 2 is 1.90 bits per heavy atom. The third-order valence-corrected chi connectivity index (χ3v) is 6.44. The van der Waals surface area contributed by atoms with Gasteiger partial charge in [-0.05, 0) is 44.1 Å². The molecule has 0 radical (unpaired) electrons. The molecule has 0 bridgehead atoms. The van der Waals surface area contributed by atoms with Crippen molar-refractivity contribution in [2.75, 3.05) is 52.5 Å². The van der Waals surface area contributed by atoms with Crippen molar-refractivity contribution in [3.05, 3.63) is 35.4 Å². The summed E-state index contributed by atoms with van der Waals surface area (Å²) in [5, 5.41) is 16.5. The highest BCUT2D eigenvalue weighted by molar-refractivity contribution is 14.0. The summed E-state index contributed by atoms with van der Waals surface area (Å²) in [4.78, 5) is 7.42. The van der Waals surface area contributed by atoms with E-state index in [0.717, 1.165) is 71.2 Å². The third-order valence-electron chi connectivity index (χ3n) is 6.44. The Morgan fingerprint density at radius 3 is 2.48 bits per heavy atom. The Labute approximate surface area is 206 Å². The lowest BCUT2D eigenvalue weighted by molar-refractivity contribution is 0.0170. The van der Waals surface area contributed by atoms with E-state index in [1.54, 1.807) is 0 Å². The van der Waals surface area contributed by atoms with Gasteiger partial charge in [0.05, 0.1) is 19.3 Å². The highest BCUT2D eigenvalue weighted by atomic mass is 127. The zero-order valence-electron chi connectivity index (χ0n) is 19.8. The van der Waals surface area contributed by atoms with E-state index in [1.807, 2.05) is 0 Å². The number of ether oxygens (including phenoxy) is 1. The van der Waals surface area contributed by atoms with E-state index in [-0.39, 0.29) is 42.0 Å². The van der Waals surface area contributed by atoms with Gasteiger partial charge in [-0.15, -0.1) is 24.0 Å². The SMILES string of the molecule is CCNC(=NCC(CC)(CC)CCO)NCC(c1cccc(C)c1)N1CCOCC1.I. The van der Waals surface area contributed by atoms with Crippen molar-refractivity contribution in [1.29, 1.82) is 0 Å². The monoisotopic (exact) mass is 546 g/mol. The van der Waals surface area contributed by atoms with Crippen LogP contribution in [0.3, 0.4) is 0 Å². The van der Waals surface area contributed by atoms with E-state index >= 15 is 0 Å². The first-order valence-corrected chi connectivity index (χ1v) is 11.6. The maximum absolute atomic E-state index is 9.51. The second-order valence-corrected chi connectivity index (χ2v) is 8.34. The molecule has 0 aromatic heterocycles. The zero-order chi connectivity index (χ0) is 21.8. The molecule has 1 aromatic rings. The van der Waals surface area contributed by atoms with Crippen LogP contribution >= 0.6 is 24.0 Å². The molecule has 0 spiro atoms. The van der Waals surface area contributed by atoms with Gasteiger partial charge >= 0.3 is 0 Å². The number of aliphatic imine (C=N–C) groups is 1. The smallest absolute Gasteiger partial charge is 0.191 e. The molecule has 1 heterocycles. The number of hydrogen-bond donors (Lipinski definition) is 3. The van der Waals surface area contributed by atoms with Gasteiger partial charge in [-0.2, -0.15) is 0 Å². The fourth-order valence-corrected chi connectivity index (χ4v) is 4.15. The second-order valence-electron chi connectivity index (χ2n) is 8.34. The summed E-state index contributed by atoms with van der Waals surface area (Å²) < 4.78 is 5.58. The number of halogens is 1. The minimum absolute atomic E-state index is 0. The van der Waals surface area contributed by atoms with Gasteiger partial charge < -0.3 is 20.5 Å². The van der Waals surface area contributed by atoms with E-state index < -0.39 is 0 Å². The number of rotatable bonds is 11. The predicted molar refractivity (Wildman–Crippen MR) is 140 cm³/mol. The number of aliphatic hydroxyl groups is 1. The van der Waals surface area contributed by atoms with Gasteiger partial charge in [0.15, 0.2) is 5.96 Å². The van der Waals surface area contributed by atoms with Crippen LogP contribution in [-0.4, -0.2) is 68.5 Å². The van der Waals surface area contributed by atoms with E-state index in [4.69, 9.17) is 9.73 Å². The summed E-state index contributed by atoms with van der Waals surface area (Å²) in [7, 11) is 0. The Hall–Kier alpha value is -0.900. The molecule has 3 N–H and O–H groups in total. The van der Waals surface area contributed by atoms with Gasteiger partial charge in [-0.1, -0.05) is 43.7 Å². The molecule has 0 saturated carbocycles. The van der Waals surface area contributed by atoms with Crippen molar-refractivity contribution in [2.24, 2.45) is 10.4 Å². The van der Waals surface area contributed by atoms with Gasteiger partial charge in [-0.3, -0.25) is 9.89 Å². The first kappa shape index (κ1) is 28.1. The van der Waals surface area contributed by atoms with Gasteiger partial charge in [0, 0.05) is 39.3 Å². The summed E-state index contributed by atoms with van der Waals surface area (Å²) in [5.41, 5.74) is 2.68. The van der Waals surface area contributed by atoms with Crippen molar-refractivity contribution in [3.8, 4) is 0 Å². The van der Waals surface area contributed by atoms with Crippen LogP contribution in [0.25, 0.3) is 0 Å². The number of guanidine groups is 1. The van der Waals surface area contributed by atoms with E-state index in [9.17, 15) is 5.11 Å². The first-order chi connectivity index (χ1) is 14.6. The van der Waals surface area contributed by atoms with Gasteiger partial charge in [0.1, 0.15) is 0 Å². The summed E-state index contributed by atoms with van der Waals surface area (Å²) in [6.45, 7) is 14.6. The Balaban J connectivity index is 0.00000480. The third kappa shape index (κ3) is 8.86. The molecule has 6 nitrogen and oxygen atoms in total. The predicted octanol–water partition coefficient (Wildman–Crippen LogP) is 3.73. The molecule has 1 aromatic carbocycles. The number of aliphatic hydroxyl groups excluding tert-OH is 1. The number of hydrogen-bond acceptors (Lipinski definition) is 4. The van der Waals surface area contributed by atoms with Crippen molar-refractivity contribution in [3.63, 3.8) is 0 Å². The molecule has 1 aliphatic rings. The Bertz CT molecular complexity index is 646. The molecule has 1 saturated heterocycles. The summed E-state index contributed by atoms with van der Waals surface area (Å²) in [5.74, 6) is 0.854. The molecule has 1 atom stereocenters. The lowest BCUT2D eigenvalue weighted by Crippen LogP contribution is -2.46. The van der Waals surface area contributed by atoms with Crippen LogP contribution in [0.2, 0.25) is 0 Å². The zero-order valence-corrected chi connectivity index (χ0v) is 22.2. The molecule has 2 rings (SSSR count). The molecule has 7 heteroatoms. The summed E-state index contributed by atoms with van der Waals surface area (Å²) in [6.07, 6.45) is 2.84. The van der Waals surface area contributed by atoms with Crippen LogP contribution in [0.1, 0.15) is 57.2 Å². The largest absolute Gasteiger partial charge is 0.396 e. The Kier molecular flexibility index (Phi) is 13.6. The standard InChI is InChI=1S/C24H42N4O2.HI/c1-5-24(6-2,11-14-29)19-27-23(25-7-3)26-18-22(28-12-15-30-16-13-28)21-10-8-9-20(4)17-21;/h8-10,17,22,29H,5-7,11-16,18-19H2,1-4H3,(H2,25,26,27);1H. The summed E-state index contributed by atoms with van der Waals surface area (Å²) in [6, 6.07) is 9.07. The highest BCUT2D eigenvalue weighted by Crippen LogP contribution is 2.30. The second kappa shape index (κ2) is 15.0. The molecule has 0 amide bonds. The van der Waals surface area contributed by atoms with Crippen molar-refractivity contribution < 1.29 is 9.84 Å². The van der Waals surface area contributed by atoms with Gasteiger partial charge in [0.2, 0.25) is 0 Å². The fourth-order valence-electron chi connectivity index (χ4n) is 4.15. The summed E-state index contributed by atoms with van der Waals surface area (Å²) >= 11 is 0. The average Bonchev–Trinajstić information content (AvgIpc) is 2.77. The topological polar surface area (TPSA) is 69.1 Å². The van der Waals surface area contributed by atoms with E-state index in [0.29, 0.717) is 0 Å². The van der Waals surface area contributed by atoms with Crippen LogP contribution in [0.15, 0.2) is 29.3 Å². The maximum Gasteiger partial charge on any atom is 0.191 e. The molecule has 1 aliphatic heterocycles. The lowest BCUT2D eigenvalue weighted by atomic mass is 9.79. The van der Waals surface area contributed by atoms with Crippen LogP contribution in [-0.2, 0) is 4.74 Å². The molecule has 1 unspecified atom stereocenters. The van der Waals surface area contributed by atoms with Crippen LogP contribution < -0.4 is 10.6 Å². The molecule has 1 fully saturated rings. The first-order valence-electron chi connectivity index (χ1n) is 11.6. The van der Waals surface area contributed by atoms with Crippen LogP contribution in [0, 0.1) is 12.3 Å². The molecule has 178 valence electrons. The van der Waals surface area contributed by atoms with Gasteiger partial charge in [-0.25, -0.2) is 0 Å². The number of nitrogens with zero attached hydrogens (tertiary/aromatic N) is 2. The minimum atomic E-state index is 0. The number of nitrogens with one attached hydrogen (secondary N) is 2. The van der Waals surface area contributed by atoms with Crippen molar-refractivity contribution >= 4 is 29.9 Å². The Morgan fingerprint density at radius 1 is 1.19 bits per heavy atom. The minimum Gasteiger partial charge on any atom is -0.396 e. The highest BCUT2D eigenvalue weighted by Gasteiger charge is 2.26. The fraction of sp³-hybridized carbons (Fsp3) is 0.708.